The van der Waals surface area contributed by atoms with E-state index < -0.39 is 6.10 Å². The van der Waals surface area contributed by atoms with Gasteiger partial charge in [-0.15, -0.1) is 0 Å². The predicted octanol–water partition coefficient (Wildman–Crippen LogP) is 4.39. The van der Waals surface area contributed by atoms with Crippen molar-refractivity contribution in [1.82, 2.24) is 0 Å². The van der Waals surface area contributed by atoms with Crippen molar-refractivity contribution in [1.29, 1.82) is 0 Å². The molecule has 3 fully saturated rings. The Morgan fingerprint density at radius 2 is 1.82 bits per heavy atom. The monoisotopic (exact) mass is 368 g/mol. The summed E-state index contributed by atoms with van der Waals surface area (Å²) in [7, 11) is 0. The standard InChI is InChI=1S/C19H29BrO2/c1-18-6-3-4-13(18)12-10-16(20)15-8-11(21)9-17(22)19(15,2)14(12)5-7-18/h11-14,17,21-22H,3-10H2,1-2H3/t11?,12-,13-,14+,17?,18-,19+/m0/s1. The summed E-state index contributed by atoms with van der Waals surface area (Å²) in [5, 5.41) is 21.0. The zero-order valence-electron chi connectivity index (χ0n) is 13.8. The molecule has 0 saturated heterocycles. The number of fused-ring (bicyclic) bond motifs is 5. The average molecular weight is 369 g/mol. The molecule has 0 spiro atoms. The molecule has 0 bridgehead atoms. The quantitative estimate of drug-likeness (QED) is 0.665. The molecule has 2 N–H and O–H groups in total. The van der Waals surface area contributed by atoms with E-state index in [9.17, 15) is 10.2 Å². The van der Waals surface area contributed by atoms with Gasteiger partial charge in [-0.2, -0.15) is 0 Å². The van der Waals surface area contributed by atoms with Crippen LogP contribution in [0.4, 0.5) is 0 Å². The third-order valence-corrected chi connectivity index (χ3v) is 8.81. The van der Waals surface area contributed by atoms with Crippen LogP contribution in [-0.4, -0.2) is 22.4 Å². The van der Waals surface area contributed by atoms with Crippen molar-refractivity contribution in [3.05, 3.63) is 10.1 Å². The van der Waals surface area contributed by atoms with Gasteiger partial charge >= 0.3 is 0 Å². The molecule has 22 heavy (non-hydrogen) atoms. The van der Waals surface area contributed by atoms with Gasteiger partial charge in [0, 0.05) is 11.8 Å². The van der Waals surface area contributed by atoms with Crippen molar-refractivity contribution in [3.8, 4) is 0 Å². The highest BCUT2D eigenvalue weighted by molar-refractivity contribution is 9.11. The highest BCUT2D eigenvalue weighted by Gasteiger charge is 2.59. The Hall–Kier alpha value is 0.140. The minimum Gasteiger partial charge on any atom is -0.393 e. The molecule has 0 aromatic carbocycles. The van der Waals surface area contributed by atoms with Crippen LogP contribution in [0.15, 0.2) is 10.1 Å². The Kier molecular flexibility index (Phi) is 3.61. The smallest absolute Gasteiger partial charge is 0.0658 e. The van der Waals surface area contributed by atoms with Crippen molar-refractivity contribution in [2.75, 3.05) is 0 Å². The van der Waals surface area contributed by atoms with E-state index in [-0.39, 0.29) is 11.5 Å². The lowest BCUT2D eigenvalue weighted by atomic mass is 9.47. The summed E-state index contributed by atoms with van der Waals surface area (Å²) in [5.41, 5.74) is 1.74. The Morgan fingerprint density at radius 1 is 1.05 bits per heavy atom. The topological polar surface area (TPSA) is 40.5 Å². The molecule has 3 saturated carbocycles. The summed E-state index contributed by atoms with van der Waals surface area (Å²) in [6, 6.07) is 0. The van der Waals surface area contributed by atoms with Gasteiger partial charge in [0.05, 0.1) is 12.2 Å². The second kappa shape index (κ2) is 5.07. The van der Waals surface area contributed by atoms with E-state index in [0.717, 1.165) is 18.8 Å². The molecule has 2 unspecified atom stereocenters. The van der Waals surface area contributed by atoms with E-state index in [0.29, 0.717) is 23.7 Å². The Balaban J connectivity index is 1.77. The van der Waals surface area contributed by atoms with E-state index in [1.807, 2.05) is 0 Å². The molecule has 7 atom stereocenters. The van der Waals surface area contributed by atoms with Crippen LogP contribution in [0.1, 0.15) is 65.2 Å². The van der Waals surface area contributed by atoms with Gasteiger partial charge in [0.2, 0.25) is 0 Å². The van der Waals surface area contributed by atoms with Crippen LogP contribution in [0.2, 0.25) is 0 Å². The largest absolute Gasteiger partial charge is 0.393 e. The molecule has 124 valence electrons. The van der Waals surface area contributed by atoms with Gasteiger partial charge in [0.15, 0.2) is 0 Å². The van der Waals surface area contributed by atoms with Gasteiger partial charge in [-0.3, -0.25) is 0 Å². The summed E-state index contributed by atoms with van der Waals surface area (Å²) < 4.78 is 1.30. The van der Waals surface area contributed by atoms with Crippen molar-refractivity contribution in [2.45, 2.75) is 77.4 Å². The first-order valence-corrected chi connectivity index (χ1v) is 9.89. The maximum atomic E-state index is 10.9. The Morgan fingerprint density at radius 3 is 2.59 bits per heavy atom. The number of halogens is 1. The fourth-order valence-electron chi connectivity index (χ4n) is 6.76. The van der Waals surface area contributed by atoms with Gasteiger partial charge in [0.25, 0.3) is 0 Å². The fraction of sp³-hybridized carbons (Fsp3) is 0.895. The van der Waals surface area contributed by atoms with Crippen LogP contribution in [0.25, 0.3) is 0 Å². The number of aliphatic hydroxyl groups is 2. The first kappa shape index (κ1) is 15.7. The summed E-state index contributed by atoms with van der Waals surface area (Å²) in [5.74, 6) is 2.15. The molecule has 4 aliphatic carbocycles. The molecular weight excluding hydrogens is 340 g/mol. The zero-order chi connectivity index (χ0) is 15.7. The molecule has 0 aliphatic heterocycles. The lowest BCUT2D eigenvalue weighted by Crippen LogP contribution is -2.55. The zero-order valence-corrected chi connectivity index (χ0v) is 15.4. The minimum atomic E-state index is -0.391. The molecule has 4 rings (SSSR count). The van der Waals surface area contributed by atoms with Gasteiger partial charge in [-0.25, -0.2) is 0 Å². The Bertz CT molecular complexity index is 516. The second-order valence-electron chi connectivity index (χ2n) is 8.94. The van der Waals surface area contributed by atoms with Crippen LogP contribution in [0, 0.1) is 28.6 Å². The second-order valence-corrected chi connectivity index (χ2v) is 9.90. The van der Waals surface area contributed by atoms with Gasteiger partial charge in [-0.05, 0) is 71.7 Å². The van der Waals surface area contributed by atoms with Crippen LogP contribution in [0.3, 0.4) is 0 Å². The first-order valence-electron chi connectivity index (χ1n) is 9.10. The van der Waals surface area contributed by atoms with Crippen LogP contribution in [-0.2, 0) is 0 Å². The maximum absolute atomic E-state index is 10.9. The summed E-state index contributed by atoms with van der Waals surface area (Å²) in [6.07, 6.45) is 8.41. The third-order valence-electron chi connectivity index (χ3n) is 8.01. The minimum absolute atomic E-state index is 0.120. The lowest BCUT2D eigenvalue weighted by Gasteiger charge is -2.59. The average Bonchev–Trinajstić information content (AvgIpc) is 2.84. The summed E-state index contributed by atoms with van der Waals surface area (Å²) in [4.78, 5) is 0. The number of hydrogen-bond donors (Lipinski definition) is 2. The van der Waals surface area contributed by atoms with Crippen LogP contribution >= 0.6 is 15.9 Å². The molecule has 0 aromatic rings. The van der Waals surface area contributed by atoms with Crippen molar-refractivity contribution < 1.29 is 10.2 Å². The first-order chi connectivity index (χ1) is 10.4. The summed E-state index contributed by atoms with van der Waals surface area (Å²) in [6.45, 7) is 4.80. The highest BCUT2D eigenvalue weighted by atomic mass is 79.9. The molecule has 0 radical (unpaired) electrons. The van der Waals surface area contributed by atoms with E-state index in [1.54, 1.807) is 0 Å². The van der Waals surface area contributed by atoms with E-state index in [1.165, 1.54) is 42.2 Å². The molecule has 4 aliphatic rings. The number of rotatable bonds is 0. The van der Waals surface area contributed by atoms with Crippen LogP contribution in [0.5, 0.6) is 0 Å². The van der Waals surface area contributed by atoms with Crippen molar-refractivity contribution >= 4 is 15.9 Å². The maximum Gasteiger partial charge on any atom is 0.0658 e. The number of aliphatic hydroxyl groups excluding tert-OH is 2. The van der Waals surface area contributed by atoms with Gasteiger partial charge in [0.1, 0.15) is 0 Å². The van der Waals surface area contributed by atoms with E-state index >= 15 is 0 Å². The predicted molar refractivity (Wildman–Crippen MR) is 91.6 cm³/mol. The van der Waals surface area contributed by atoms with E-state index in [2.05, 4.69) is 29.8 Å². The van der Waals surface area contributed by atoms with Gasteiger partial charge < -0.3 is 10.2 Å². The normalized spacial score (nSPS) is 54.7. The third kappa shape index (κ3) is 1.97. The van der Waals surface area contributed by atoms with Crippen molar-refractivity contribution in [3.63, 3.8) is 0 Å². The molecule has 0 amide bonds. The summed E-state index contributed by atoms with van der Waals surface area (Å²) >= 11 is 3.85. The highest BCUT2D eigenvalue weighted by Crippen LogP contribution is 2.66. The fourth-order valence-corrected chi connectivity index (χ4v) is 7.72. The molecular formula is C19H29BrO2. The number of allylic oxidation sites excluding steroid dienone is 1. The van der Waals surface area contributed by atoms with E-state index in [4.69, 9.17) is 0 Å². The molecule has 2 nitrogen and oxygen atoms in total. The van der Waals surface area contributed by atoms with Gasteiger partial charge in [-0.1, -0.05) is 36.2 Å². The molecule has 0 heterocycles. The lowest BCUT2D eigenvalue weighted by molar-refractivity contribution is -0.0997. The van der Waals surface area contributed by atoms with Crippen LogP contribution < -0.4 is 0 Å². The number of hydrogen-bond acceptors (Lipinski definition) is 2. The SMILES string of the molecule is C[C@@]12CCC[C@H]1[C@@H]1CC(Br)=C3CC(O)CC(O)[C@]3(C)[C@@H]1CC2. The molecule has 0 aromatic heterocycles. The molecule has 3 heteroatoms. The Labute approximate surface area is 142 Å². The van der Waals surface area contributed by atoms with Crippen molar-refractivity contribution in [2.24, 2.45) is 28.6 Å².